The van der Waals surface area contributed by atoms with Crippen LogP contribution in [0.1, 0.15) is 31.7 Å². The zero-order valence-electron chi connectivity index (χ0n) is 12.4. The lowest BCUT2D eigenvalue weighted by Gasteiger charge is -2.36. The number of piperidine rings is 1. The number of carbonyl (C=O) groups is 2. The number of carbonyl (C=O) groups excluding carboxylic acids is 1. The number of carboxylic acid groups (broad SMARTS) is 1. The van der Waals surface area contributed by atoms with E-state index in [0.29, 0.717) is 19.3 Å². The Hall–Kier alpha value is -1.43. The maximum Gasteiger partial charge on any atom is 0.308 e. The van der Waals surface area contributed by atoms with Crippen LogP contribution in [0.15, 0.2) is 22.7 Å². The molecule has 6 heteroatoms. The number of aliphatic carboxylic acids is 1. The van der Waals surface area contributed by atoms with Crippen molar-refractivity contribution >= 4 is 27.8 Å². The van der Waals surface area contributed by atoms with Crippen molar-refractivity contribution in [3.05, 3.63) is 34.1 Å². The monoisotopic (exact) mass is 371 g/mol. The van der Waals surface area contributed by atoms with Crippen molar-refractivity contribution < 1.29 is 19.1 Å². The molecule has 22 heavy (non-hydrogen) atoms. The number of halogens is 2. The number of hydrogen-bond donors (Lipinski definition) is 1. The summed E-state index contributed by atoms with van der Waals surface area (Å²) in [6.45, 7) is 2.20. The number of benzene rings is 1. The summed E-state index contributed by atoms with van der Waals surface area (Å²) in [4.78, 5) is 25.1. The third-order valence-corrected chi connectivity index (χ3v) is 4.94. The van der Waals surface area contributed by atoms with Crippen LogP contribution in [0.25, 0.3) is 0 Å². The standard InChI is InChI=1S/C16H19BrFNO3/c1-10-2-3-12(16(21)22)9-19(10)15(20)7-4-11-8-13(18)5-6-14(11)17/h5-6,8,10,12H,2-4,7,9H2,1H3,(H,21,22). The van der Waals surface area contributed by atoms with Crippen LogP contribution in [0.4, 0.5) is 4.39 Å². The summed E-state index contributed by atoms with van der Waals surface area (Å²) in [5, 5.41) is 9.11. The Morgan fingerprint density at radius 1 is 1.41 bits per heavy atom. The molecule has 0 spiro atoms. The van der Waals surface area contributed by atoms with Crippen LogP contribution in [0, 0.1) is 11.7 Å². The first-order valence-electron chi connectivity index (χ1n) is 7.34. The highest BCUT2D eigenvalue weighted by Gasteiger charge is 2.32. The maximum absolute atomic E-state index is 13.2. The topological polar surface area (TPSA) is 57.6 Å². The van der Waals surface area contributed by atoms with Gasteiger partial charge in [-0.3, -0.25) is 9.59 Å². The van der Waals surface area contributed by atoms with Crippen LogP contribution in [0.3, 0.4) is 0 Å². The molecule has 0 aromatic heterocycles. The van der Waals surface area contributed by atoms with Gasteiger partial charge >= 0.3 is 5.97 Å². The second kappa shape index (κ2) is 7.22. The average molecular weight is 372 g/mol. The van der Waals surface area contributed by atoms with Crippen LogP contribution in [0.5, 0.6) is 0 Å². The van der Waals surface area contributed by atoms with E-state index in [2.05, 4.69) is 15.9 Å². The predicted octanol–water partition coefficient (Wildman–Crippen LogP) is 3.23. The number of rotatable bonds is 4. The van der Waals surface area contributed by atoms with E-state index in [9.17, 15) is 14.0 Å². The molecular formula is C16H19BrFNO3. The largest absolute Gasteiger partial charge is 0.481 e. The summed E-state index contributed by atoms with van der Waals surface area (Å²) in [5.41, 5.74) is 0.743. The van der Waals surface area contributed by atoms with Crippen LogP contribution in [-0.2, 0) is 16.0 Å². The lowest BCUT2D eigenvalue weighted by atomic mass is 9.93. The number of hydrogen-bond acceptors (Lipinski definition) is 2. The first kappa shape index (κ1) is 16.9. The van der Waals surface area contributed by atoms with Gasteiger partial charge in [-0.2, -0.15) is 0 Å². The Labute approximate surface area is 137 Å². The van der Waals surface area contributed by atoms with Crippen LogP contribution in [0.2, 0.25) is 0 Å². The van der Waals surface area contributed by atoms with Crippen LogP contribution >= 0.6 is 15.9 Å². The number of likely N-dealkylation sites (tertiary alicyclic amines) is 1. The predicted molar refractivity (Wildman–Crippen MR) is 84.0 cm³/mol. The summed E-state index contributed by atoms with van der Waals surface area (Å²) >= 11 is 3.35. The van der Waals surface area contributed by atoms with Gasteiger partial charge in [0.15, 0.2) is 0 Å². The molecule has 1 amide bonds. The molecule has 0 radical (unpaired) electrons. The molecular weight excluding hydrogens is 353 g/mol. The highest BCUT2D eigenvalue weighted by Crippen LogP contribution is 2.24. The fourth-order valence-corrected chi connectivity index (χ4v) is 3.22. The number of aryl methyl sites for hydroxylation is 1. The van der Waals surface area contributed by atoms with E-state index >= 15 is 0 Å². The van der Waals surface area contributed by atoms with Crippen molar-refractivity contribution in [2.75, 3.05) is 6.54 Å². The smallest absolute Gasteiger partial charge is 0.308 e. The van der Waals surface area contributed by atoms with E-state index in [4.69, 9.17) is 5.11 Å². The third kappa shape index (κ3) is 4.06. The van der Waals surface area contributed by atoms with Crippen molar-refractivity contribution in [1.29, 1.82) is 0 Å². The summed E-state index contributed by atoms with van der Waals surface area (Å²) in [5.74, 6) is -1.74. The molecule has 0 bridgehead atoms. The summed E-state index contributed by atoms with van der Waals surface area (Å²) in [6.07, 6.45) is 1.99. The molecule has 2 rings (SSSR count). The highest BCUT2D eigenvalue weighted by molar-refractivity contribution is 9.10. The molecule has 2 unspecified atom stereocenters. The molecule has 4 nitrogen and oxygen atoms in total. The molecule has 1 aliphatic heterocycles. The van der Waals surface area contributed by atoms with Crippen molar-refractivity contribution in [1.82, 2.24) is 4.90 Å². The first-order valence-corrected chi connectivity index (χ1v) is 8.14. The molecule has 1 aromatic rings. The Morgan fingerprint density at radius 3 is 2.82 bits per heavy atom. The number of nitrogens with zero attached hydrogens (tertiary/aromatic N) is 1. The van der Waals surface area contributed by atoms with Gasteiger partial charge in [0.2, 0.25) is 5.91 Å². The fourth-order valence-electron chi connectivity index (χ4n) is 2.78. The van der Waals surface area contributed by atoms with Crippen molar-refractivity contribution in [3.63, 3.8) is 0 Å². The van der Waals surface area contributed by atoms with Gasteiger partial charge in [-0.25, -0.2) is 4.39 Å². The Balaban J connectivity index is 1.98. The Bertz CT molecular complexity index is 579. The van der Waals surface area contributed by atoms with Crippen molar-refractivity contribution in [2.45, 2.75) is 38.6 Å². The van der Waals surface area contributed by atoms with Crippen LogP contribution < -0.4 is 0 Å². The minimum atomic E-state index is -0.849. The molecule has 1 saturated heterocycles. The molecule has 1 N–H and O–H groups in total. The molecule has 0 aliphatic carbocycles. The normalized spacial score (nSPS) is 21.7. The Kier molecular flexibility index (Phi) is 5.56. The molecule has 1 aliphatic rings. The van der Waals surface area contributed by atoms with Crippen LogP contribution in [-0.4, -0.2) is 34.5 Å². The van der Waals surface area contributed by atoms with Gasteiger partial charge in [0.25, 0.3) is 0 Å². The van der Waals surface area contributed by atoms with Gasteiger partial charge in [-0.1, -0.05) is 15.9 Å². The third-order valence-electron chi connectivity index (χ3n) is 4.17. The van der Waals surface area contributed by atoms with Gasteiger partial charge in [-0.15, -0.1) is 0 Å². The first-order chi connectivity index (χ1) is 10.4. The highest BCUT2D eigenvalue weighted by atomic mass is 79.9. The zero-order valence-corrected chi connectivity index (χ0v) is 14.0. The summed E-state index contributed by atoms with van der Waals surface area (Å²) < 4.78 is 14.0. The lowest BCUT2D eigenvalue weighted by molar-refractivity contribution is -0.147. The minimum Gasteiger partial charge on any atom is -0.481 e. The molecule has 2 atom stereocenters. The summed E-state index contributed by atoms with van der Waals surface area (Å²) in [6, 6.07) is 4.45. The molecule has 120 valence electrons. The van der Waals surface area contributed by atoms with Crippen molar-refractivity contribution in [3.8, 4) is 0 Å². The minimum absolute atomic E-state index is 0.0547. The molecule has 1 heterocycles. The SMILES string of the molecule is CC1CCC(C(=O)O)CN1C(=O)CCc1cc(F)ccc1Br. The van der Waals surface area contributed by atoms with Gasteiger partial charge in [0.1, 0.15) is 5.82 Å². The fraction of sp³-hybridized carbons (Fsp3) is 0.500. The Morgan fingerprint density at radius 2 is 2.14 bits per heavy atom. The number of carboxylic acids is 1. The van der Waals surface area contributed by atoms with E-state index in [1.165, 1.54) is 12.1 Å². The van der Waals surface area contributed by atoms with Gasteiger partial charge in [0, 0.05) is 23.5 Å². The van der Waals surface area contributed by atoms with E-state index in [1.54, 1.807) is 11.0 Å². The summed E-state index contributed by atoms with van der Waals surface area (Å²) in [7, 11) is 0. The van der Waals surface area contributed by atoms with E-state index < -0.39 is 11.9 Å². The van der Waals surface area contributed by atoms with Gasteiger partial charge in [-0.05, 0) is 49.9 Å². The zero-order chi connectivity index (χ0) is 16.3. The number of amides is 1. The second-order valence-electron chi connectivity index (χ2n) is 5.74. The molecule has 1 fully saturated rings. The second-order valence-corrected chi connectivity index (χ2v) is 6.60. The maximum atomic E-state index is 13.2. The van der Waals surface area contributed by atoms with E-state index in [-0.39, 0.29) is 30.7 Å². The van der Waals surface area contributed by atoms with E-state index in [1.807, 2.05) is 6.92 Å². The molecule has 0 saturated carbocycles. The van der Waals surface area contributed by atoms with Gasteiger partial charge < -0.3 is 10.0 Å². The van der Waals surface area contributed by atoms with Gasteiger partial charge in [0.05, 0.1) is 5.92 Å². The molecule has 1 aromatic carbocycles. The quantitative estimate of drug-likeness (QED) is 0.883. The average Bonchev–Trinajstić information content (AvgIpc) is 2.48. The van der Waals surface area contributed by atoms with E-state index in [0.717, 1.165) is 10.0 Å². The van der Waals surface area contributed by atoms with Crippen molar-refractivity contribution in [2.24, 2.45) is 5.92 Å². The lowest BCUT2D eigenvalue weighted by Crippen LogP contribution is -2.47.